The van der Waals surface area contributed by atoms with E-state index in [1.54, 1.807) is 36.4 Å². The van der Waals surface area contributed by atoms with E-state index in [-0.39, 0.29) is 19.0 Å². The highest BCUT2D eigenvalue weighted by atomic mass is 16.6. The number of amidine groups is 2. The number of nitrogen functional groups attached to an aromatic ring is 1. The number of ether oxygens (including phenoxy) is 2. The Balaban J connectivity index is 1.48. The van der Waals surface area contributed by atoms with E-state index in [1.807, 2.05) is 19.2 Å². The van der Waals surface area contributed by atoms with E-state index in [4.69, 9.17) is 20.6 Å². The Labute approximate surface area is 157 Å². The highest BCUT2D eigenvalue weighted by Crippen LogP contribution is 2.14. The topological polar surface area (TPSA) is 101 Å². The zero-order valence-corrected chi connectivity index (χ0v) is 15.1. The van der Waals surface area contributed by atoms with Gasteiger partial charge in [-0.15, -0.1) is 0 Å². The second kappa shape index (κ2) is 8.35. The molecule has 0 saturated heterocycles. The van der Waals surface area contributed by atoms with E-state index in [0.29, 0.717) is 16.9 Å². The molecule has 2 aromatic carbocycles. The maximum Gasteiger partial charge on any atom is 0.338 e. The Morgan fingerprint density at radius 2 is 1.96 bits per heavy atom. The predicted molar refractivity (Wildman–Crippen MR) is 104 cm³/mol. The number of carbonyl (C=O) groups excluding carboxylic acids is 1. The lowest BCUT2D eigenvalue weighted by Crippen LogP contribution is -2.23. The van der Waals surface area contributed by atoms with Gasteiger partial charge in [-0.3, -0.25) is 10.4 Å². The average Bonchev–Trinajstić information content (AvgIpc) is 3.11. The largest absolute Gasteiger partial charge is 0.490 e. The van der Waals surface area contributed by atoms with E-state index in [0.717, 1.165) is 24.5 Å². The summed E-state index contributed by atoms with van der Waals surface area (Å²) in [6.07, 6.45) is 0. The number of carbonyl (C=O) groups is 1. The number of benzene rings is 2. The van der Waals surface area contributed by atoms with Gasteiger partial charge in [0, 0.05) is 24.7 Å². The van der Waals surface area contributed by atoms with Crippen LogP contribution in [-0.2, 0) is 4.74 Å². The molecule has 0 radical (unpaired) electrons. The van der Waals surface area contributed by atoms with Crippen LogP contribution in [-0.4, -0.2) is 55.9 Å². The first-order valence-corrected chi connectivity index (χ1v) is 8.65. The SMILES string of the molecule is CN1CCN=C1c1ccc(C(=O)OCCOc2cccc(C(=N)N)c2)cc1. The van der Waals surface area contributed by atoms with Crippen LogP contribution in [0, 0.1) is 5.41 Å². The second-order valence-electron chi connectivity index (χ2n) is 6.13. The van der Waals surface area contributed by atoms with Crippen LogP contribution < -0.4 is 10.5 Å². The van der Waals surface area contributed by atoms with E-state index < -0.39 is 5.97 Å². The molecular weight excluding hydrogens is 344 g/mol. The molecule has 0 fully saturated rings. The Kier molecular flexibility index (Phi) is 5.71. The van der Waals surface area contributed by atoms with Gasteiger partial charge in [-0.2, -0.15) is 0 Å². The highest BCUT2D eigenvalue weighted by molar-refractivity contribution is 6.00. The fourth-order valence-electron chi connectivity index (χ4n) is 2.73. The number of hydrogen-bond donors (Lipinski definition) is 2. The summed E-state index contributed by atoms with van der Waals surface area (Å²) in [5.74, 6) is 1.09. The molecule has 1 heterocycles. The molecule has 3 rings (SSSR count). The Morgan fingerprint density at radius 1 is 1.19 bits per heavy atom. The second-order valence-corrected chi connectivity index (χ2v) is 6.13. The predicted octanol–water partition coefficient (Wildman–Crippen LogP) is 1.90. The van der Waals surface area contributed by atoms with Crippen LogP contribution in [0.2, 0.25) is 0 Å². The van der Waals surface area contributed by atoms with Crippen molar-refractivity contribution in [3.63, 3.8) is 0 Å². The number of nitrogens with one attached hydrogen (secondary N) is 1. The zero-order chi connectivity index (χ0) is 19.2. The molecule has 2 aromatic rings. The van der Waals surface area contributed by atoms with Crippen molar-refractivity contribution in [3.8, 4) is 5.75 Å². The molecule has 0 bridgehead atoms. The lowest BCUT2D eigenvalue weighted by atomic mass is 10.1. The third-order valence-corrected chi connectivity index (χ3v) is 4.17. The molecule has 140 valence electrons. The number of nitrogens with zero attached hydrogens (tertiary/aromatic N) is 2. The summed E-state index contributed by atoms with van der Waals surface area (Å²) in [5, 5.41) is 7.42. The molecule has 1 aliphatic rings. The van der Waals surface area contributed by atoms with E-state index in [2.05, 4.69) is 9.89 Å². The van der Waals surface area contributed by atoms with Gasteiger partial charge in [-0.25, -0.2) is 4.79 Å². The van der Waals surface area contributed by atoms with Crippen LogP contribution in [0.15, 0.2) is 53.5 Å². The molecule has 0 atom stereocenters. The molecule has 0 unspecified atom stereocenters. The molecule has 27 heavy (non-hydrogen) atoms. The van der Waals surface area contributed by atoms with Crippen LogP contribution in [0.5, 0.6) is 5.75 Å². The summed E-state index contributed by atoms with van der Waals surface area (Å²) in [6.45, 7) is 2.05. The van der Waals surface area contributed by atoms with Gasteiger partial charge in [-0.1, -0.05) is 24.3 Å². The first kappa shape index (κ1) is 18.4. The third kappa shape index (κ3) is 4.63. The van der Waals surface area contributed by atoms with Gasteiger partial charge < -0.3 is 20.1 Å². The van der Waals surface area contributed by atoms with Crippen LogP contribution in [0.25, 0.3) is 0 Å². The fraction of sp³-hybridized carbons (Fsp3) is 0.250. The van der Waals surface area contributed by atoms with Crippen molar-refractivity contribution in [1.29, 1.82) is 5.41 Å². The van der Waals surface area contributed by atoms with Gasteiger partial charge in [0.1, 0.15) is 30.6 Å². The maximum atomic E-state index is 12.1. The standard InChI is InChI=1S/C20H22N4O3/c1-24-10-9-23-19(24)14-5-7-15(8-6-14)20(25)27-12-11-26-17-4-2-3-16(13-17)18(21)22/h2-8,13H,9-12H2,1H3,(H3,21,22). The highest BCUT2D eigenvalue weighted by Gasteiger charge is 2.15. The van der Waals surface area contributed by atoms with E-state index >= 15 is 0 Å². The molecule has 0 saturated carbocycles. The molecule has 7 heteroatoms. The average molecular weight is 366 g/mol. The molecule has 1 aliphatic heterocycles. The fourth-order valence-corrected chi connectivity index (χ4v) is 2.73. The molecule has 0 aromatic heterocycles. The first-order valence-electron chi connectivity index (χ1n) is 8.65. The normalized spacial score (nSPS) is 13.2. The Hall–Kier alpha value is -3.35. The van der Waals surface area contributed by atoms with Crippen molar-refractivity contribution in [2.45, 2.75) is 0 Å². The number of aliphatic imine (C=N–C) groups is 1. The summed E-state index contributed by atoms with van der Waals surface area (Å²) in [7, 11) is 2.00. The molecule has 0 aliphatic carbocycles. The lowest BCUT2D eigenvalue weighted by Gasteiger charge is -2.14. The Bertz CT molecular complexity index is 862. The van der Waals surface area contributed by atoms with Crippen molar-refractivity contribution in [2.75, 3.05) is 33.4 Å². The summed E-state index contributed by atoms with van der Waals surface area (Å²) in [5.41, 5.74) is 7.50. The molecule has 3 N–H and O–H groups in total. The minimum Gasteiger partial charge on any atom is -0.490 e. The quantitative estimate of drug-likeness (QED) is 0.337. The number of hydrogen-bond acceptors (Lipinski definition) is 6. The summed E-state index contributed by atoms with van der Waals surface area (Å²) in [6, 6.07) is 14.1. The van der Waals surface area contributed by atoms with Crippen molar-refractivity contribution >= 4 is 17.6 Å². The van der Waals surface area contributed by atoms with Gasteiger partial charge in [0.2, 0.25) is 0 Å². The smallest absolute Gasteiger partial charge is 0.338 e. The molecular formula is C20H22N4O3. The van der Waals surface area contributed by atoms with Crippen molar-refractivity contribution in [1.82, 2.24) is 4.90 Å². The Morgan fingerprint density at radius 3 is 2.63 bits per heavy atom. The molecule has 0 spiro atoms. The van der Waals surface area contributed by atoms with Crippen molar-refractivity contribution < 1.29 is 14.3 Å². The van der Waals surface area contributed by atoms with Crippen LogP contribution >= 0.6 is 0 Å². The number of likely N-dealkylation sites (N-methyl/N-ethyl adjacent to an activating group) is 1. The van der Waals surface area contributed by atoms with Crippen LogP contribution in [0.4, 0.5) is 0 Å². The zero-order valence-electron chi connectivity index (χ0n) is 15.1. The number of rotatable bonds is 7. The first-order chi connectivity index (χ1) is 13.0. The van der Waals surface area contributed by atoms with Gasteiger partial charge in [0.15, 0.2) is 0 Å². The maximum absolute atomic E-state index is 12.1. The number of nitrogens with two attached hydrogens (primary N) is 1. The van der Waals surface area contributed by atoms with E-state index in [1.165, 1.54) is 0 Å². The summed E-state index contributed by atoms with van der Waals surface area (Å²) in [4.78, 5) is 18.7. The van der Waals surface area contributed by atoms with Crippen LogP contribution in [0.1, 0.15) is 21.5 Å². The van der Waals surface area contributed by atoms with Crippen molar-refractivity contribution in [3.05, 3.63) is 65.2 Å². The van der Waals surface area contributed by atoms with Crippen molar-refractivity contribution in [2.24, 2.45) is 10.7 Å². The van der Waals surface area contributed by atoms with Gasteiger partial charge in [-0.05, 0) is 24.3 Å². The summed E-state index contributed by atoms with van der Waals surface area (Å²) >= 11 is 0. The minimum atomic E-state index is -0.399. The van der Waals surface area contributed by atoms with Gasteiger partial charge in [0.05, 0.1) is 12.1 Å². The van der Waals surface area contributed by atoms with Crippen LogP contribution in [0.3, 0.4) is 0 Å². The van der Waals surface area contributed by atoms with Gasteiger partial charge >= 0.3 is 5.97 Å². The summed E-state index contributed by atoms with van der Waals surface area (Å²) < 4.78 is 10.8. The van der Waals surface area contributed by atoms with E-state index in [9.17, 15) is 4.79 Å². The third-order valence-electron chi connectivity index (χ3n) is 4.17. The minimum absolute atomic E-state index is 0.0231. The number of esters is 1. The molecule has 7 nitrogen and oxygen atoms in total. The lowest BCUT2D eigenvalue weighted by molar-refractivity contribution is 0.0450. The van der Waals surface area contributed by atoms with Gasteiger partial charge in [0.25, 0.3) is 0 Å². The molecule has 0 amide bonds. The monoisotopic (exact) mass is 366 g/mol.